The molecule has 1 aromatic carbocycles. The number of ether oxygens (including phenoxy) is 2. The van der Waals surface area contributed by atoms with Gasteiger partial charge in [0.05, 0.1) is 19.8 Å². The van der Waals surface area contributed by atoms with E-state index in [0.717, 1.165) is 11.3 Å². The summed E-state index contributed by atoms with van der Waals surface area (Å²) >= 11 is 0. The van der Waals surface area contributed by atoms with Crippen molar-refractivity contribution in [1.29, 1.82) is 0 Å². The Bertz CT molecular complexity index is 1000. The summed E-state index contributed by atoms with van der Waals surface area (Å²) in [5.74, 6) is 1.60. The lowest BCUT2D eigenvalue weighted by molar-refractivity contribution is -0.0434. The third-order valence-corrected chi connectivity index (χ3v) is 4.75. The standard InChI is InChI=1S/C19H21N5O4/c1-27-12-5-2-11(3-6-12)4-7-15-23-17-18(20)21-10-22-19(17)24(15)16-8-13(26)14(9-25)28-16/h2-7,10,13-14,16,25-26H,8-9H2,1H3,(H2,20,21,22)/b7-4+/t13-,14+,16+/m0/s1. The number of methoxy groups -OCH3 is 1. The quantitative estimate of drug-likeness (QED) is 0.600. The normalized spacial score (nSPS) is 22.3. The molecule has 146 valence electrons. The van der Waals surface area contributed by atoms with Crippen molar-refractivity contribution in [2.75, 3.05) is 19.5 Å². The number of imidazole rings is 1. The zero-order valence-electron chi connectivity index (χ0n) is 15.3. The van der Waals surface area contributed by atoms with E-state index in [1.54, 1.807) is 11.7 Å². The fourth-order valence-corrected chi connectivity index (χ4v) is 3.27. The van der Waals surface area contributed by atoms with E-state index >= 15 is 0 Å². The van der Waals surface area contributed by atoms with E-state index in [9.17, 15) is 10.2 Å². The van der Waals surface area contributed by atoms with Crippen LogP contribution in [0.2, 0.25) is 0 Å². The van der Waals surface area contributed by atoms with Gasteiger partial charge in [0.25, 0.3) is 0 Å². The maximum absolute atomic E-state index is 10.1. The molecule has 0 spiro atoms. The Hall–Kier alpha value is -3.01. The van der Waals surface area contributed by atoms with Gasteiger partial charge in [-0.2, -0.15) is 0 Å². The number of nitrogen functional groups attached to an aromatic ring is 1. The summed E-state index contributed by atoms with van der Waals surface area (Å²) in [6, 6.07) is 7.59. The van der Waals surface area contributed by atoms with Gasteiger partial charge in [-0.3, -0.25) is 4.57 Å². The summed E-state index contributed by atoms with van der Waals surface area (Å²) in [6.07, 6.45) is 3.44. The number of benzene rings is 1. The smallest absolute Gasteiger partial charge is 0.168 e. The maximum atomic E-state index is 10.1. The average Bonchev–Trinajstić information content (AvgIpc) is 3.27. The molecule has 3 aromatic rings. The van der Waals surface area contributed by atoms with Crippen molar-refractivity contribution in [3.8, 4) is 5.75 Å². The van der Waals surface area contributed by atoms with Gasteiger partial charge in [0.2, 0.25) is 0 Å². The number of nitrogens with two attached hydrogens (primary N) is 1. The number of aromatic nitrogens is 4. The number of aliphatic hydroxyl groups excluding tert-OH is 2. The highest BCUT2D eigenvalue weighted by Gasteiger charge is 2.36. The van der Waals surface area contributed by atoms with Crippen LogP contribution in [0.3, 0.4) is 0 Å². The molecule has 1 aliphatic heterocycles. The number of hydrogen-bond donors (Lipinski definition) is 3. The maximum Gasteiger partial charge on any atom is 0.168 e. The highest BCUT2D eigenvalue weighted by Crippen LogP contribution is 2.33. The molecule has 0 amide bonds. The molecule has 4 rings (SSSR count). The largest absolute Gasteiger partial charge is 0.497 e. The Kier molecular flexibility index (Phi) is 4.95. The summed E-state index contributed by atoms with van der Waals surface area (Å²) < 4.78 is 12.8. The Labute approximate surface area is 161 Å². The number of anilines is 1. The number of hydrogen-bond acceptors (Lipinski definition) is 8. The Morgan fingerprint density at radius 3 is 2.75 bits per heavy atom. The van der Waals surface area contributed by atoms with E-state index in [-0.39, 0.29) is 12.4 Å². The van der Waals surface area contributed by atoms with Crippen molar-refractivity contribution in [2.45, 2.75) is 24.9 Å². The highest BCUT2D eigenvalue weighted by molar-refractivity contribution is 5.84. The Balaban J connectivity index is 1.74. The van der Waals surface area contributed by atoms with Crippen molar-refractivity contribution >= 4 is 29.1 Å². The molecule has 0 aliphatic carbocycles. The van der Waals surface area contributed by atoms with Gasteiger partial charge in [-0.05, 0) is 23.8 Å². The molecule has 1 aliphatic rings. The average molecular weight is 383 g/mol. The van der Waals surface area contributed by atoms with Gasteiger partial charge >= 0.3 is 0 Å². The lowest BCUT2D eigenvalue weighted by atomic mass is 10.2. The van der Waals surface area contributed by atoms with Crippen molar-refractivity contribution in [3.05, 3.63) is 42.0 Å². The second kappa shape index (κ2) is 7.55. The molecule has 9 heteroatoms. The first kappa shape index (κ1) is 18.4. The Morgan fingerprint density at radius 2 is 2.07 bits per heavy atom. The van der Waals surface area contributed by atoms with Crippen molar-refractivity contribution in [3.63, 3.8) is 0 Å². The third kappa shape index (κ3) is 3.31. The van der Waals surface area contributed by atoms with Gasteiger partial charge in [0.15, 0.2) is 17.0 Å². The van der Waals surface area contributed by atoms with Crippen molar-refractivity contribution in [1.82, 2.24) is 19.5 Å². The summed E-state index contributed by atoms with van der Waals surface area (Å²) in [5.41, 5.74) is 7.89. The van der Waals surface area contributed by atoms with Crippen LogP contribution in [0.4, 0.5) is 5.82 Å². The first-order valence-electron chi connectivity index (χ1n) is 8.85. The molecule has 1 saturated heterocycles. The van der Waals surface area contributed by atoms with Gasteiger partial charge in [0, 0.05) is 6.42 Å². The van der Waals surface area contributed by atoms with E-state index < -0.39 is 18.4 Å². The molecule has 2 aromatic heterocycles. The van der Waals surface area contributed by atoms with E-state index in [1.165, 1.54) is 6.33 Å². The summed E-state index contributed by atoms with van der Waals surface area (Å²) in [6.45, 7) is -0.265. The molecule has 28 heavy (non-hydrogen) atoms. The minimum Gasteiger partial charge on any atom is -0.497 e. The monoisotopic (exact) mass is 383 g/mol. The number of nitrogens with zero attached hydrogens (tertiary/aromatic N) is 4. The van der Waals surface area contributed by atoms with Crippen LogP contribution in [-0.4, -0.2) is 55.7 Å². The topological polar surface area (TPSA) is 129 Å². The zero-order chi connectivity index (χ0) is 19.7. The number of aliphatic hydroxyl groups is 2. The fourth-order valence-electron chi connectivity index (χ4n) is 3.27. The second-order valence-electron chi connectivity index (χ2n) is 6.49. The molecule has 0 radical (unpaired) electrons. The van der Waals surface area contributed by atoms with Crippen molar-refractivity contribution in [2.24, 2.45) is 0 Å². The number of fused-ring (bicyclic) bond motifs is 1. The van der Waals surface area contributed by atoms with E-state index in [4.69, 9.17) is 15.2 Å². The minimum absolute atomic E-state index is 0.264. The van der Waals surface area contributed by atoms with Crippen LogP contribution in [-0.2, 0) is 4.74 Å². The molecule has 3 heterocycles. The minimum atomic E-state index is -0.773. The van der Waals surface area contributed by atoms with E-state index in [0.29, 0.717) is 23.4 Å². The van der Waals surface area contributed by atoms with E-state index in [2.05, 4.69) is 15.0 Å². The SMILES string of the molecule is COc1ccc(/C=C/c2nc3c(N)ncnc3n2[C@H]2C[C@H](O)[C@@H](CO)O2)cc1. The van der Waals surface area contributed by atoms with Gasteiger partial charge < -0.3 is 25.4 Å². The fraction of sp³-hybridized carbons (Fsp3) is 0.316. The molecule has 4 N–H and O–H groups in total. The van der Waals surface area contributed by atoms with Crippen LogP contribution in [0.15, 0.2) is 30.6 Å². The molecular weight excluding hydrogens is 362 g/mol. The molecule has 1 fully saturated rings. The van der Waals surface area contributed by atoms with Crippen LogP contribution in [0.5, 0.6) is 5.75 Å². The zero-order valence-corrected chi connectivity index (χ0v) is 15.3. The van der Waals surface area contributed by atoms with Crippen LogP contribution in [0.1, 0.15) is 24.0 Å². The van der Waals surface area contributed by atoms with Crippen LogP contribution in [0.25, 0.3) is 23.3 Å². The van der Waals surface area contributed by atoms with Crippen LogP contribution in [0, 0.1) is 0 Å². The highest BCUT2D eigenvalue weighted by atomic mass is 16.5. The Morgan fingerprint density at radius 1 is 1.29 bits per heavy atom. The second-order valence-corrected chi connectivity index (χ2v) is 6.49. The van der Waals surface area contributed by atoms with Crippen LogP contribution < -0.4 is 10.5 Å². The molecule has 0 saturated carbocycles. The lowest BCUT2D eigenvalue weighted by Crippen LogP contribution is -2.24. The van der Waals surface area contributed by atoms with Crippen molar-refractivity contribution < 1.29 is 19.7 Å². The van der Waals surface area contributed by atoms with Gasteiger partial charge in [0.1, 0.15) is 30.2 Å². The summed E-state index contributed by atoms with van der Waals surface area (Å²) in [5, 5.41) is 19.5. The first-order chi connectivity index (χ1) is 13.6. The first-order valence-corrected chi connectivity index (χ1v) is 8.85. The summed E-state index contributed by atoms with van der Waals surface area (Å²) in [4.78, 5) is 12.8. The molecule has 0 unspecified atom stereocenters. The lowest BCUT2D eigenvalue weighted by Gasteiger charge is -2.15. The molecule has 3 atom stereocenters. The van der Waals surface area contributed by atoms with Gasteiger partial charge in [-0.25, -0.2) is 15.0 Å². The van der Waals surface area contributed by atoms with Gasteiger partial charge in [-0.15, -0.1) is 0 Å². The summed E-state index contributed by atoms with van der Waals surface area (Å²) in [7, 11) is 1.62. The number of rotatable bonds is 5. The molecule has 9 nitrogen and oxygen atoms in total. The molecular formula is C19H21N5O4. The van der Waals surface area contributed by atoms with Crippen LogP contribution >= 0.6 is 0 Å². The predicted octanol–water partition coefficient (Wildman–Crippen LogP) is 1.23. The molecule has 0 bridgehead atoms. The predicted molar refractivity (Wildman–Crippen MR) is 103 cm³/mol. The third-order valence-electron chi connectivity index (χ3n) is 4.75. The van der Waals surface area contributed by atoms with Gasteiger partial charge in [-0.1, -0.05) is 18.2 Å². The van der Waals surface area contributed by atoms with E-state index in [1.807, 2.05) is 36.4 Å².